The van der Waals surface area contributed by atoms with Crippen LogP contribution < -0.4 is 4.74 Å². The van der Waals surface area contributed by atoms with Gasteiger partial charge in [-0.1, -0.05) is 29.8 Å². The molecule has 152 valence electrons. The number of nitrogens with zero attached hydrogens (tertiary/aromatic N) is 1. The molecule has 0 aromatic heterocycles. The minimum Gasteiger partial charge on any atom is -0.497 e. The third kappa shape index (κ3) is 3.72. The van der Waals surface area contributed by atoms with Crippen molar-refractivity contribution in [2.45, 2.75) is 18.8 Å². The molecule has 2 unspecified atom stereocenters. The van der Waals surface area contributed by atoms with Crippen molar-refractivity contribution in [3.05, 3.63) is 76.3 Å². The number of rotatable bonds is 5. The Bertz CT molecular complexity index is 988. The summed E-state index contributed by atoms with van der Waals surface area (Å²) in [6, 6.07) is 8.18. The fraction of sp³-hybridized carbons (Fsp3) is 0.238. The van der Waals surface area contributed by atoms with Crippen LogP contribution in [-0.2, 0) is 4.74 Å². The highest BCUT2D eigenvalue weighted by atomic mass is 35.5. The van der Waals surface area contributed by atoms with Gasteiger partial charge in [0.1, 0.15) is 23.5 Å². The van der Waals surface area contributed by atoms with Crippen LogP contribution in [0.1, 0.15) is 11.1 Å². The van der Waals surface area contributed by atoms with E-state index in [1.165, 1.54) is 18.1 Å². The molecule has 3 nitrogen and oxygen atoms in total. The summed E-state index contributed by atoms with van der Waals surface area (Å²) >= 11 is 6.36. The van der Waals surface area contributed by atoms with E-state index < -0.39 is 42.5 Å². The monoisotopic (exact) mass is 425 g/mol. The number of methoxy groups -OCH3 is 1. The minimum atomic E-state index is -2.75. The smallest absolute Gasteiger partial charge is 0.255 e. The van der Waals surface area contributed by atoms with Gasteiger partial charge >= 0.3 is 0 Å². The van der Waals surface area contributed by atoms with Crippen molar-refractivity contribution in [1.29, 1.82) is 0 Å². The van der Waals surface area contributed by atoms with E-state index in [-0.39, 0.29) is 10.7 Å². The van der Waals surface area contributed by atoms with Gasteiger partial charge in [0, 0.05) is 16.2 Å². The normalized spacial score (nSPS) is 20.7. The van der Waals surface area contributed by atoms with E-state index in [4.69, 9.17) is 21.1 Å². The molecule has 8 heteroatoms. The summed E-state index contributed by atoms with van der Waals surface area (Å²) in [6.45, 7) is -0.753. The lowest BCUT2D eigenvalue weighted by atomic mass is 9.97. The Morgan fingerprint density at radius 1 is 1.17 bits per heavy atom. The largest absolute Gasteiger partial charge is 0.497 e. The summed E-state index contributed by atoms with van der Waals surface area (Å²) in [7, 11) is 1.47. The average Bonchev–Trinajstić information content (AvgIpc) is 3.45. The highest BCUT2D eigenvalue weighted by molar-refractivity contribution is 6.33. The molecule has 0 N–H and O–H groups in total. The SMILES string of the molecule is COc1ccc(Cl)c(C2=C(c3c(F)cccc3F)N(CC(F)F)C3OC3C=C2)c1. The van der Waals surface area contributed by atoms with Gasteiger partial charge in [-0.05, 0) is 30.3 Å². The molecule has 4 rings (SSSR count). The zero-order valence-electron chi connectivity index (χ0n) is 15.2. The van der Waals surface area contributed by atoms with Gasteiger partial charge < -0.3 is 14.4 Å². The van der Waals surface area contributed by atoms with Gasteiger partial charge in [-0.3, -0.25) is 0 Å². The molecule has 2 heterocycles. The maximum Gasteiger partial charge on any atom is 0.255 e. The lowest BCUT2D eigenvalue weighted by Crippen LogP contribution is -2.32. The fourth-order valence-corrected chi connectivity index (χ4v) is 3.68. The number of alkyl halides is 2. The van der Waals surface area contributed by atoms with Gasteiger partial charge in [-0.2, -0.15) is 0 Å². The molecular formula is C21H16ClF4NO2. The number of hydrogen-bond donors (Lipinski definition) is 0. The Balaban J connectivity index is 2.02. The quantitative estimate of drug-likeness (QED) is 0.476. The summed E-state index contributed by atoms with van der Waals surface area (Å²) in [4.78, 5) is 1.20. The third-order valence-electron chi connectivity index (χ3n) is 4.80. The Labute approximate surface area is 169 Å². The standard InChI is InChI=1S/C21H16ClF4NO2/c1-28-11-5-7-14(22)13(9-11)12-6-8-17-21(29-17)27(10-18(25)26)20(12)19-15(23)3-2-4-16(19)24/h2-9,17-18,21H,10H2,1H3. The van der Waals surface area contributed by atoms with E-state index in [0.29, 0.717) is 16.9 Å². The molecule has 1 fully saturated rings. The van der Waals surface area contributed by atoms with Gasteiger partial charge in [0.05, 0.1) is 24.9 Å². The lowest BCUT2D eigenvalue weighted by Gasteiger charge is -2.28. The van der Waals surface area contributed by atoms with E-state index in [1.54, 1.807) is 30.4 Å². The van der Waals surface area contributed by atoms with Crippen LogP contribution in [-0.4, -0.2) is 37.3 Å². The van der Waals surface area contributed by atoms with Crippen LogP contribution in [0.2, 0.25) is 5.02 Å². The predicted molar refractivity (Wildman–Crippen MR) is 102 cm³/mol. The van der Waals surface area contributed by atoms with Crippen molar-refractivity contribution >= 4 is 22.9 Å². The van der Waals surface area contributed by atoms with Crippen molar-refractivity contribution in [3.63, 3.8) is 0 Å². The van der Waals surface area contributed by atoms with Gasteiger partial charge in [0.2, 0.25) is 0 Å². The van der Waals surface area contributed by atoms with Gasteiger partial charge in [-0.15, -0.1) is 0 Å². The minimum absolute atomic E-state index is 0.0442. The van der Waals surface area contributed by atoms with Crippen LogP contribution in [0.5, 0.6) is 5.75 Å². The molecule has 0 spiro atoms. The predicted octanol–water partition coefficient (Wildman–Crippen LogP) is 5.36. The number of hydrogen-bond acceptors (Lipinski definition) is 3. The molecule has 0 radical (unpaired) electrons. The van der Waals surface area contributed by atoms with Crippen molar-refractivity contribution in [2.24, 2.45) is 0 Å². The van der Waals surface area contributed by atoms with E-state index in [9.17, 15) is 17.6 Å². The summed E-state index contributed by atoms with van der Waals surface area (Å²) < 4.78 is 66.9. The van der Waals surface area contributed by atoms with Gasteiger partial charge in [-0.25, -0.2) is 17.6 Å². The van der Waals surface area contributed by atoms with Gasteiger partial charge in [0.15, 0.2) is 6.23 Å². The van der Waals surface area contributed by atoms with Crippen LogP contribution in [0.4, 0.5) is 17.6 Å². The first-order valence-corrected chi connectivity index (χ1v) is 9.19. The fourth-order valence-electron chi connectivity index (χ4n) is 3.46. The Hall–Kier alpha value is -2.51. The maximum atomic E-state index is 14.7. The number of benzene rings is 2. The van der Waals surface area contributed by atoms with Crippen molar-refractivity contribution in [3.8, 4) is 5.75 Å². The van der Waals surface area contributed by atoms with Crippen LogP contribution >= 0.6 is 11.6 Å². The molecule has 0 bridgehead atoms. The summed E-state index contributed by atoms with van der Waals surface area (Å²) in [5, 5.41) is 0.285. The molecule has 2 aliphatic rings. The van der Waals surface area contributed by atoms with E-state index in [0.717, 1.165) is 12.1 Å². The molecule has 29 heavy (non-hydrogen) atoms. The van der Waals surface area contributed by atoms with Gasteiger partial charge in [0.25, 0.3) is 6.43 Å². The molecule has 2 aromatic carbocycles. The summed E-state index contributed by atoms with van der Waals surface area (Å²) in [6.07, 6.45) is -0.681. The van der Waals surface area contributed by atoms with Crippen LogP contribution in [0.15, 0.2) is 48.6 Å². The summed E-state index contributed by atoms with van der Waals surface area (Å²) in [5.74, 6) is -1.28. The zero-order valence-corrected chi connectivity index (χ0v) is 16.0. The molecule has 2 atom stereocenters. The molecular weight excluding hydrogens is 410 g/mol. The molecule has 0 aliphatic carbocycles. The second kappa shape index (κ2) is 7.72. The number of halogens is 5. The molecule has 1 saturated heterocycles. The number of fused-ring (bicyclic) bond motifs is 1. The van der Waals surface area contributed by atoms with E-state index in [2.05, 4.69) is 0 Å². The second-order valence-corrected chi connectivity index (χ2v) is 7.01. The zero-order chi connectivity index (χ0) is 20.7. The Morgan fingerprint density at radius 3 is 2.55 bits per heavy atom. The maximum absolute atomic E-state index is 14.7. The van der Waals surface area contributed by atoms with Crippen molar-refractivity contribution in [2.75, 3.05) is 13.7 Å². The topological polar surface area (TPSA) is 25.0 Å². The molecule has 2 aromatic rings. The van der Waals surface area contributed by atoms with E-state index >= 15 is 0 Å². The second-order valence-electron chi connectivity index (χ2n) is 6.60. The van der Waals surface area contributed by atoms with Crippen LogP contribution in [0, 0.1) is 11.6 Å². The third-order valence-corrected chi connectivity index (χ3v) is 5.13. The summed E-state index contributed by atoms with van der Waals surface area (Å²) in [5.41, 5.74) is 0.245. The van der Waals surface area contributed by atoms with Crippen LogP contribution in [0.3, 0.4) is 0 Å². The van der Waals surface area contributed by atoms with Crippen molar-refractivity contribution in [1.82, 2.24) is 4.90 Å². The number of allylic oxidation sites excluding steroid dienone is 2. The first-order chi connectivity index (χ1) is 13.9. The Morgan fingerprint density at radius 2 is 1.90 bits per heavy atom. The number of epoxide rings is 1. The van der Waals surface area contributed by atoms with Crippen LogP contribution in [0.25, 0.3) is 11.3 Å². The van der Waals surface area contributed by atoms with E-state index in [1.807, 2.05) is 0 Å². The van der Waals surface area contributed by atoms with Crippen molar-refractivity contribution < 1.29 is 27.0 Å². The molecule has 0 amide bonds. The lowest BCUT2D eigenvalue weighted by molar-refractivity contribution is 0.0942. The Kier molecular flexibility index (Phi) is 5.27. The highest BCUT2D eigenvalue weighted by Crippen LogP contribution is 2.44. The first kappa shape index (κ1) is 19.8. The average molecular weight is 426 g/mol. The first-order valence-electron chi connectivity index (χ1n) is 8.81. The number of ether oxygens (including phenoxy) is 2. The molecule has 2 aliphatic heterocycles. The highest BCUT2D eigenvalue weighted by Gasteiger charge is 2.46. The molecule has 0 saturated carbocycles.